The Morgan fingerprint density at radius 2 is 1.35 bits per heavy atom. The second-order valence-corrected chi connectivity index (χ2v) is 8.22. The Balaban J connectivity index is 2.21. The summed E-state index contributed by atoms with van der Waals surface area (Å²) in [4.78, 5) is 0.292. The zero-order valence-electron chi connectivity index (χ0n) is 10.8. The topological polar surface area (TPSA) is 37.4 Å². The van der Waals surface area contributed by atoms with E-state index in [0.717, 1.165) is 14.5 Å². The lowest BCUT2D eigenvalue weighted by molar-refractivity contribution is 0.466. The van der Waals surface area contributed by atoms with Crippen LogP contribution >= 0.6 is 31.9 Å². The third-order valence-electron chi connectivity index (χ3n) is 2.84. The maximum atomic E-state index is 12.4. The second kappa shape index (κ2) is 6.39. The second-order valence-electron chi connectivity index (χ2n) is 4.34. The van der Waals surface area contributed by atoms with Gasteiger partial charge in [0.05, 0.1) is 4.90 Å². The first-order chi connectivity index (χ1) is 9.39. The summed E-state index contributed by atoms with van der Waals surface area (Å²) in [7, 11) is -1.88. The van der Waals surface area contributed by atoms with E-state index in [9.17, 15) is 8.42 Å². The van der Waals surface area contributed by atoms with Crippen molar-refractivity contribution in [3.8, 4) is 0 Å². The zero-order valence-corrected chi connectivity index (χ0v) is 14.7. The van der Waals surface area contributed by atoms with Crippen LogP contribution < -0.4 is 0 Å². The summed E-state index contributed by atoms with van der Waals surface area (Å²) in [6.07, 6.45) is 0. The van der Waals surface area contributed by atoms with Crippen LogP contribution in [0.15, 0.2) is 62.4 Å². The molecular weight excluding hydrogens is 406 g/mol. The molecule has 3 nitrogen and oxygen atoms in total. The number of hydrogen-bond donors (Lipinski definition) is 0. The molecule has 2 rings (SSSR count). The van der Waals surface area contributed by atoms with Crippen molar-refractivity contribution in [1.29, 1.82) is 0 Å². The van der Waals surface area contributed by atoms with Crippen molar-refractivity contribution < 1.29 is 8.42 Å². The van der Waals surface area contributed by atoms with Gasteiger partial charge in [0.1, 0.15) is 0 Å². The summed E-state index contributed by atoms with van der Waals surface area (Å²) in [5, 5.41) is 0. The molecule has 0 aliphatic rings. The molecule has 0 atom stereocenters. The largest absolute Gasteiger partial charge is 0.243 e. The molecule has 20 heavy (non-hydrogen) atoms. The first-order valence-electron chi connectivity index (χ1n) is 5.86. The molecule has 0 unspecified atom stereocenters. The normalized spacial score (nSPS) is 11.8. The van der Waals surface area contributed by atoms with Crippen molar-refractivity contribution in [3.63, 3.8) is 0 Å². The predicted octanol–water partition coefficient (Wildman–Crippen LogP) is 4.03. The molecule has 0 aliphatic heterocycles. The van der Waals surface area contributed by atoms with Crippen molar-refractivity contribution in [3.05, 3.63) is 63.0 Å². The van der Waals surface area contributed by atoms with Gasteiger partial charge in [0, 0.05) is 22.5 Å². The number of nitrogens with zero attached hydrogens (tertiary/aromatic N) is 1. The van der Waals surface area contributed by atoms with E-state index in [4.69, 9.17) is 0 Å². The monoisotopic (exact) mass is 417 g/mol. The lowest BCUT2D eigenvalue weighted by Crippen LogP contribution is -2.26. The van der Waals surface area contributed by atoms with Gasteiger partial charge in [-0.3, -0.25) is 0 Å². The summed E-state index contributed by atoms with van der Waals surface area (Å²) < 4.78 is 28.0. The molecular formula is C14H13Br2NO2S. The molecule has 0 saturated heterocycles. The number of sulfonamides is 1. The van der Waals surface area contributed by atoms with E-state index in [1.807, 2.05) is 24.3 Å². The fourth-order valence-electron chi connectivity index (χ4n) is 1.72. The lowest BCUT2D eigenvalue weighted by Gasteiger charge is -2.17. The summed E-state index contributed by atoms with van der Waals surface area (Å²) >= 11 is 6.66. The summed E-state index contributed by atoms with van der Waals surface area (Å²) in [6, 6.07) is 14.2. The quantitative estimate of drug-likeness (QED) is 0.751. The molecule has 0 radical (unpaired) electrons. The van der Waals surface area contributed by atoms with E-state index in [0.29, 0.717) is 11.4 Å². The number of hydrogen-bond acceptors (Lipinski definition) is 2. The van der Waals surface area contributed by atoms with Gasteiger partial charge in [-0.2, -0.15) is 4.31 Å². The Kier molecular flexibility index (Phi) is 5.01. The Morgan fingerprint density at radius 1 is 0.900 bits per heavy atom. The van der Waals surface area contributed by atoms with Crippen molar-refractivity contribution in [2.24, 2.45) is 0 Å². The SMILES string of the molecule is CN(Cc1ccc(Br)cc1)S(=O)(=O)c1ccc(Br)cc1. The van der Waals surface area contributed by atoms with E-state index in [2.05, 4.69) is 31.9 Å². The standard InChI is InChI=1S/C14H13Br2NO2S/c1-17(10-11-2-4-12(15)5-3-11)20(18,19)14-8-6-13(16)7-9-14/h2-9H,10H2,1H3. The maximum absolute atomic E-state index is 12.4. The van der Waals surface area contributed by atoms with Gasteiger partial charge in [0.25, 0.3) is 0 Å². The number of rotatable bonds is 4. The third-order valence-corrected chi connectivity index (χ3v) is 5.72. The third kappa shape index (κ3) is 3.69. The average Bonchev–Trinajstić information content (AvgIpc) is 2.42. The van der Waals surface area contributed by atoms with E-state index in [-0.39, 0.29) is 0 Å². The van der Waals surface area contributed by atoms with Crippen LogP contribution in [0.25, 0.3) is 0 Å². The molecule has 0 N–H and O–H groups in total. The molecule has 106 valence electrons. The van der Waals surface area contributed by atoms with Gasteiger partial charge in [-0.05, 0) is 42.0 Å². The van der Waals surface area contributed by atoms with Crippen LogP contribution in [-0.2, 0) is 16.6 Å². The minimum Gasteiger partial charge on any atom is -0.207 e. The molecule has 0 spiro atoms. The van der Waals surface area contributed by atoms with Gasteiger partial charge >= 0.3 is 0 Å². The summed E-state index contributed by atoms with van der Waals surface area (Å²) in [6.45, 7) is 0.339. The number of benzene rings is 2. The Morgan fingerprint density at radius 3 is 1.85 bits per heavy atom. The van der Waals surface area contributed by atoms with Crippen LogP contribution in [0.1, 0.15) is 5.56 Å². The average molecular weight is 419 g/mol. The highest BCUT2D eigenvalue weighted by Gasteiger charge is 2.20. The molecule has 2 aromatic rings. The highest BCUT2D eigenvalue weighted by atomic mass is 79.9. The highest BCUT2D eigenvalue weighted by molar-refractivity contribution is 9.10. The molecule has 0 saturated carbocycles. The van der Waals surface area contributed by atoms with Crippen LogP contribution in [-0.4, -0.2) is 19.8 Å². The summed E-state index contributed by atoms with van der Waals surface area (Å²) in [5.74, 6) is 0. The van der Waals surface area contributed by atoms with E-state index in [1.165, 1.54) is 4.31 Å². The zero-order chi connectivity index (χ0) is 14.8. The molecule has 6 heteroatoms. The van der Waals surface area contributed by atoms with E-state index < -0.39 is 10.0 Å². The molecule has 2 aromatic carbocycles. The smallest absolute Gasteiger partial charge is 0.207 e. The van der Waals surface area contributed by atoms with Gasteiger partial charge in [-0.15, -0.1) is 0 Å². The van der Waals surface area contributed by atoms with Crippen LogP contribution in [0, 0.1) is 0 Å². The Labute approximate surface area is 135 Å². The number of halogens is 2. The maximum Gasteiger partial charge on any atom is 0.243 e. The molecule has 0 heterocycles. The minimum absolute atomic E-state index is 0.292. The van der Waals surface area contributed by atoms with Gasteiger partial charge in [0.15, 0.2) is 0 Å². The first kappa shape index (κ1) is 15.7. The minimum atomic E-state index is -3.46. The molecule has 0 aromatic heterocycles. The lowest BCUT2D eigenvalue weighted by atomic mass is 10.2. The van der Waals surface area contributed by atoms with Crippen molar-refractivity contribution >= 4 is 41.9 Å². The fourth-order valence-corrected chi connectivity index (χ4v) is 3.41. The van der Waals surface area contributed by atoms with Gasteiger partial charge in [0.2, 0.25) is 10.0 Å². The van der Waals surface area contributed by atoms with Crippen molar-refractivity contribution in [2.45, 2.75) is 11.4 Å². The molecule has 0 bridgehead atoms. The van der Waals surface area contributed by atoms with Crippen LogP contribution in [0.5, 0.6) is 0 Å². The Bertz CT molecular complexity index is 682. The predicted molar refractivity (Wildman–Crippen MR) is 86.9 cm³/mol. The van der Waals surface area contributed by atoms with Crippen LogP contribution in [0.3, 0.4) is 0 Å². The fraction of sp³-hybridized carbons (Fsp3) is 0.143. The van der Waals surface area contributed by atoms with Crippen LogP contribution in [0.4, 0.5) is 0 Å². The first-order valence-corrected chi connectivity index (χ1v) is 8.88. The van der Waals surface area contributed by atoms with E-state index >= 15 is 0 Å². The van der Waals surface area contributed by atoms with Crippen molar-refractivity contribution in [1.82, 2.24) is 4.31 Å². The molecule has 0 amide bonds. The molecule has 0 fully saturated rings. The van der Waals surface area contributed by atoms with Gasteiger partial charge in [-0.1, -0.05) is 44.0 Å². The van der Waals surface area contributed by atoms with E-state index in [1.54, 1.807) is 31.3 Å². The molecule has 0 aliphatic carbocycles. The van der Waals surface area contributed by atoms with Crippen molar-refractivity contribution in [2.75, 3.05) is 7.05 Å². The van der Waals surface area contributed by atoms with Gasteiger partial charge < -0.3 is 0 Å². The summed E-state index contributed by atoms with van der Waals surface area (Å²) in [5.41, 5.74) is 0.941. The van der Waals surface area contributed by atoms with Gasteiger partial charge in [-0.25, -0.2) is 8.42 Å². The Hall–Kier alpha value is -0.690. The van der Waals surface area contributed by atoms with Crippen LogP contribution in [0.2, 0.25) is 0 Å². The highest BCUT2D eigenvalue weighted by Crippen LogP contribution is 2.20.